The minimum Gasteiger partial charge on any atom is -0.493 e. The van der Waals surface area contributed by atoms with E-state index in [4.69, 9.17) is 14.6 Å². The number of benzene rings is 1. The molecule has 1 aliphatic heterocycles. The summed E-state index contributed by atoms with van der Waals surface area (Å²) < 4.78 is 25.8. The molecular weight excluding hydrogens is 307 g/mol. The maximum atomic E-state index is 14.0. The molecule has 4 heteroatoms. The van der Waals surface area contributed by atoms with Gasteiger partial charge < -0.3 is 14.6 Å². The van der Waals surface area contributed by atoms with Crippen LogP contribution in [0.25, 0.3) is 11.1 Å². The van der Waals surface area contributed by atoms with Gasteiger partial charge in [-0.3, -0.25) is 0 Å². The molecule has 1 aromatic rings. The fourth-order valence-corrected chi connectivity index (χ4v) is 2.95. The summed E-state index contributed by atoms with van der Waals surface area (Å²) >= 11 is 0. The molecule has 1 aromatic carbocycles. The van der Waals surface area contributed by atoms with Crippen LogP contribution < -0.4 is 9.47 Å². The lowest BCUT2D eigenvalue weighted by Gasteiger charge is -2.33. The monoisotopic (exact) mass is 334 g/mol. The molecule has 0 atom stereocenters. The topological polar surface area (TPSA) is 38.7 Å². The molecular formula is C20H27FO3. The van der Waals surface area contributed by atoms with Crippen molar-refractivity contribution in [3.05, 3.63) is 35.2 Å². The van der Waals surface area contributed by atoms with E-state index in [2.05, 4.69) is 19.9 Å². The van der Waals surface area contributed by atoms with Gasteiger partial charge in [-0.1, -0.05) is 13.8 Å². The predicted molar refractivity (Wildman–Crippen MR) is 95.9 cm³/mol. The third kappa shape index (κ3) is 3.64. The van der Waals surface area contributed by atoms with E-state index in [1.54, 1.807) is 6.92 Å². The average molecular weight is 334 g/mol. The molecule has 0 aliphatic carbocycles. The molecule has 1 N–H and O–H groups in total. The summed E-state index contributed by atoms with van der Waals surface area (Å²) in [6.45, 7) is 11.7. The van der Waals surface area contributed by atoms with E-state index in [1.165, 1.54) is 5.57 Å². The normalized spacial score (nSPS) is 17.0. The van der Waals surface area contributed by atoms with Gasteiger partial charge in [-0.15, -0.1) is 0 Å². The van der Waals surface area contributed by atoms with Crippen molar-refractivity contribution in [2.24, 2.45) is 5.92 Å². The summed E-state index contributed by atoms with van der Waals surface area (Å²) in [5.74, 6) is 1.07. The Balaban J connectivity index is 2.70. The van der Waals surface area contributed by atoms with Crippen molar-refractivity contribution in [3.8, 4) is 11.5 Å². The number of fused-ring (bicyclic) bond motifs is 1. The number of aliphatic hydroxyl groups excluding tert-OH is 1. The van der Waals surface area contributed by atoms with Crippen molar-refractivity contribution in [2.45, 2.75) is 47.1 Å². The molecule has 0 fully saturated rings. The molecule has 0 saturated carbocycles. The second kappa shape index (κ2) is 6.98. The number of allylic oxidation sites excluding steroid dienone is 2. The van der Waals surface area contributed by atoms with Crippen LogP contribution in [0.1, 0.15) is 52.7 Å². The molecule has 3 nitrogen and oxygen atoms in total. The number of rotatable bonds is 5. The van der Waals surface area contributed by atoms with Gasteiger partial charge in [0.2, 0.25) is 0 Å². The fraction of sp³-hybridized carbons (Fsp3) is 0.500. The maximum absolute atomic E-state index is 14.0. The van der Waals surface area contributed by atoms with Crippen LogP contribution in [0.15, 0.2) is 24.0 Å². The van der Waals surface area contributed by atoms with E-state index in [-0.39, 0.29) is 0 Å². The lowest BCUT2D eigenvalue weighted by atomic mass is 9.86. The summed E-state index contributed by atoms with van der Waals surface area (Å²) in [6.07, 6.45) is 2.12. The van der Waals surface area contributed by atoms with Crippen molar-refractivity contribution in [2.75, 3.05) is 13.2 Å². The first-order valence-corrected chi connectivity index (χ1v) is 8.39. The first-order chi connectivity index (χ1) is 11.2. The molecule has 1 aliphatic rings. The van der Waals surface area contributed by atoms with E-state index in [1.807, 2.05) is 32.9 Å². The Morgan fingerprint density at radius 2 is 2.00 bits per heavy atom. The molecule has 24 heavy (non-hydrogen) atoms. The number of hydrogen-bond acceptors (Lipinski definition) is 3. The van der Waals surface area contributed by atoms with E-state index in [9.17, 15) is 4.39 Å². The molecule has 132 valence electrons. The van der Waals surface area contributed by atoms with Crippen molar-refractivity contribution in [3.63, 3.8) is 0 Å². The lowest BCUT2D eigenvalue weighted by Crippen LogP contribution is -2.29. The zero-order valence-electron chi connectivity index (χ0n) is 15.4. The van der Waals surface area contributed by atoms with Gasteiger partial charge in [0, 0.05) is 17.2 Å². The van der Waals surface area contributed by atoms with Gasteiger partial charge >= 0.3 is 0 Å². The molecule has 0 spiro atoms. The van der Waals surface area contributed by atoms with Crippen LogP contribution in [-0.2, 0) is 0 Å². The highest BCUT2D eigenvalue weighted by atomic mass is 19.1. The predicted octanol–water partition coefficient (Wildman–Crippen LogP) is 4.99. The van der Waals surface area contributed by atoms with E-state index in [0.717, 1.165) is 11.3 Å². The standard InChI is InChI=1S/C20H27FO3/c1-7-23-18-9-19-15(8-14(18)13(4)17(21)11-22)16(12(2)3)10-20(5,6)24-19/h8-10,12,22H,7,11H2,1-6H3. The van der Waals surface area contributed by atoms with Crippen LogP contribution in [-0.4, -0.2) is 23.9 Å². The van der Waals surface area contributed by atoms with E-state index < -0.39 is 18.0 Å². The third-order valence-electron chi connectivity index (χ3n) is 4.14. The van der Waals surface area contributed by atoms with Crippen molar-refractivity contribution >= 4 is 11.1 Å². The maximum Gasteiger partial charge on any atom is 0.131 e. The van der Waals surface area contributed by atoms with Crippen LogP contribution in [0.5, 0.6) is 11.5 Å². The second-order valence-electron chi connectivity index (χ2n) is 6.93. The highest BCUT2D eigenvalue weighted by Crippen LogP contribution is 2.44. The summed E-state index contributed by atoms with van der Waals surface area (Å²) in [6, 6.07) is 3.74. The van der Waals surface area contributed by atoms with E-state index >= 15 is 0 Å². The SMILES string of the molecule is CCOc1cc2c(cc1C(C)=C(F)CO)C(C(C)C)=CC(C)(C)O2. The second-order valence-corrected chi connectivity index (χ2v) is 6.93. The minimum atomic E-state index is -0.620. The zero-order chi connectivity index (χ0) is 18.1. The van der Waals surface area contributed by atoms with Crippen molar-refractivity contribution < 1.29 is 19.0 Å². The summed E-state index contributed by atoms with van der Waals surface area (Å²) in [5.41, 5.74) is 2.75. The minimum absolute atomic E-state index is 0.310. The van der Waals surface area contributed by atoms with E-state index in [0.29, 0.717) is 29.4 Å². The Labute approximate surface area is 143 Å². The smallest absolute Gasteiger partial charge is 0.131 e. The summed E-state index contributed by atoms with van der Waals surface area (Å²) in [4.78, 5) is 0. The molecule has 0 radical (unpaired) electrons. The highest BCUT2D eigenvalue weighted by molar-refractivity contribution is 5.81. The molecule has 1 heterocycles. The molecule has 0 saturated heterocycles. The van der Waals surface area contributed by atoms with Crippen molar-refractivity contribution in [1.29, 1.82) is 0 Å². The lowest BCUT2D eigenvalue weighted by molar-refractivity contribution is 0.156. The summed E-state index contributed by atoms with van der Waals surface area (Å²) in [5, 5.41) is 9.12. The number of aliphatic hydroxyl groups is 1. The largest absolute Gasteiger partial charge is 0.493 e. The van der Waals surface area contributed by atoms with Crippen molar-refractivity contribution in [1.82, 2.24) is 0 Å². The summed E-state index contributed by atoms with van der Waals surface area (Å²) in [7, 11) is 0. The first-order valence-electron chi connectivity index (χ1n) is 8.39. The molecule has 0 amide bonds. The van der Waals surface area contributed by atoms with Crippen LogP contribution >= 0.6 is 0 Å². The molecule has 0 aromatic heterocycles. The molecule has 2 rings (SSSR count). The highest BCUT2D eigenvalue weighted by Gasteiger charge is 2.29. The number of hydrogen-bond donors (Lipinski definition) is 1. The van der Waals surface area contributed by atoms with Gasteiger partial charge in [0.05, 0.1) is 13.2 Å². The van der Waals surface area contributed by atoms with Crippen LogP contribution in [0.2, 0.25) is 0 Å². The Bertz CT molecular complexity index is 684. The van der Waals surface area contributed by atoms with Gasteiger partial charge in [0.15, 0.2) is 0 Å². The Morgan fingerprint density at radius 1 is 1.33 bits per heavy atom. The Hall–Kier alpha value is -1.81. The zero-order valence-corrected chi connectivity index (χ0v) is 15.4. The van der Waals surface area contributed by atoms with Gasteiger partial charge in [0.25, 0.3) is 0 Å². The van der Waals surface area contributed by atoms with Crippen LogP contribution in [0.4, 0.5) is 4.39 Å². The average Bonchev–Trinajstić information content (AvgIpc) is 2.51. The third-order valence-corrected chi connectivity index (χ3v) is 4.14. The Morgan fingerprint density at radius 3 is 2.54 bits per heavy atom. The molecule has 0 unspecified atom stereocenters. The van der Waals surface area contributed by atoms with Gasteiger partial charge in [-0.05, 0) is 56.9 Å². The van der Waals surface area contributed by atoms with Gasteiger partial charge in [0.1, 0.15) is 22.9 Å². The van der Waals surface area contributed by atoms with Gasteiger partial charge in [-0.2, -0.15) is 0 Å². The van der Waals surface area contributed by atoms with Gasteiger partial charge in [-0.25, -0.2) is 4.39 Å². The number of ether oxygens (including phenoxy) is 2. The quantitative estimate of drug-likeness (QED) is 0.824. The Kier molecular flexibility index (Phi) is 5.38. The molecule has 0 bridgehead atoms. The van der Waals surface area contributed by atoms with Crippen LogP contribution in [0, 0.1) is 5.92 Å². The fourth-order valence-electron chi connectivity index (χ4n) is 2.95. The van der Waals surface area contributed by atoms with Crippen LogP contribution in [0.3, 0.4) is 0 Å². The number of halogens is 1. The first kappa shape index (κ1) is 18.5.